The molecule has 0 aliphatic carbocycles. The van der Waals surface area contributed by atoms with E-state index < -0.39 is 0 Å². The molecule has 9 nitrogen and oxygen atoms in total. The summed E-state index contributed by atoms with van der Waals surface area (Å²) >= 11 is 0. The number of nitrogens with one attached hydrogen (secondary N) is 1. The van der Waals surface area contributed by atoms with Gasteiger partial charge in [0.2, 0.25) is 5.91 Å². The Morgan fingerprint density at radius 3 is 2.42 bits per heavy atom. The highest BCUT2D eigenvalue weighted by molar-refractivity contribution is 5.83. The fourth-order valence-corrected chi connectivity index (χ4v) is 4.31. The molecule has 2 aromatic carbocycles. The van der Waals surface area contributed by atoms with Crippen molar-refractivity contribution >= 4 is 16.9 Å². The lowest BCUT2D eigenvalue weighted by Crippen LogP contribution is -2.37. The smallest absolute Gasteiger partial charge is 0.263 e. The molecule has 0 aliphatic rings. The molecule has 0 saturated carbocycles. The second kappa shape index (κ2) is 11.4. The molecule has 198 valence electrons. The molecule has 4 rings (SSSR count). The van der Waals surface area contributed by atoms with Crippen molar-refractivity contribution in [1.82, 2.24) is 24.8 Å². The van der Waals surface area contributed by atoms with E-state index >= 15 is 0 Å². The number of amides is 1. The Morgan fingerprint density at radius 2 is 1.74 bits per heavy atom. The van der Waals surface area contributed by atoms with Crippen LogP contribution in [0, 0.1) is 0 Å². The van der Waals surface area contributed by atoms with Crippen LogP contribution in [0.4, 0.5) is 0 Å². The summed E-state index contributed by atoms with van der Waals surface area (Å²) in [5.41, 5.74) is 3.29. The standard InChI is InChI=1S/C29H33N5O4/c1-18(2)31-26(35)17-34-28(20-8-7-9-23(12-20)37-5)32-27-25(29(34)36)14-22(15-30-27)21-10-19(16-33(3)4)11-24(13-21)38-6/h7-15,18H,16-17H2,1-6H3,(H,31,35). The Bertz CT molecular complexity index is 1530. The molecule has 9 heteroatoms. The van der Waals surface area contributed by atoms with Crippen molar-refractivity contribution in [2.24, 2.45) is 0 Å². The Morgan fingerprint density at radius 1 is 1.00 bits per heavy atom. The van der Waals surface area contributed by atoms with Crippen molar-refractivity contribution in [2.75, 3.05) is 28.3 Å². The number of aromatic nitrogens is 3. The molecule has 0 spiro atoms. The van der Waals surface area contributed by atoms with Crippen molar-refractivity contribution in [3.8, 4) is 34.0 Å². The summed E-state index contributed by atoms with van der Waals surface area (Å²) in [7, 11) is 7.20. The predicted molar refractivity (Wildman–Crippen MR) is 148 cm³/mol. The van der Waals surface area contributed by atoms with Gasteiger partial charge in [-0.15, -0.1) is 0 Å². The van der Waals surface area contributed by atoms with Crippen molar-refractivity contribution in [3.63, 3.8) is 0 Å². The number of hydrogen-bond acceptors (Lipinski definition) is 7. The van der Waals surface area contributed by atoms with Gasteiger partial charge in [0.25, 0.3) is 5.56 Å². The fraction of sp³-hybridized carbons (Fsp3) is 0.310. The molecule has 38 heavy (non-hydrogen) atoms. The third-order valence-electron chi connectivity index (χ3n) is 5.92. The molecule has 2 aromatic heterocycles. The van der Waals surface area contributed by atoms with Crippen LogP contribution in [-0.2, 0) is 17.9 Å². The van der Waals surface area contributed by atoms with Gasteiger partial charge in [-0.05, 0) is 75.5 Å². The van der Waals surface area contributed by atoms with E-state index in [9.17, 15) is 9.59 Å². The van der Waals surface area contributed by atoms with Gasteiger partial charge in [0.05, 0.1) is 19.6 Å². The molecule has 0 radical (unpaired) electrons. The molecular weight excluding hydrogens is 482 g/mol. The number of carbonyl (C=O) groups excluding carboxylic acids is 1. The maximum atomic E-state index is 13.9. The molecule has 1 N–H and O–H groups in total. The first-order valence-electron chi connectivity index (χ1n) is 12.4. The number of rotatable bonds is 9. The minimum Gasteiger partial charge on any atom is -0.497 e. The highest BCUT2D eigenvalue weighted by Gasteiger charge is 2.18. The fourth-order valence-electron chi connectivity index (χ4n) is 4.31. The monoisotopic (exact) mass is 515 g/mol. The topological polar surface area (TPSA) is 98.6 Å². The summed E-state index contributed by atoms with van der Waals surface area (Å²) < 4.78 is 12.3. The van der Waals surface area contributed by atoms with Crippen LogP contribution in [0.5, 0.6) is 11.5 Å². The number of pyridine rings is 1. The lowest BCUT2D eigenvalue weighted by Gasteiger charge is -2.16. The van der Waals surface area contributed by atoms with E-state index in [-0.39, 0.29) is 24.1 Å². The summed E-state index contributed by atoms with van der Waals surface area (Å²) in [5.74, 6) is 1.39. The first-order valence-corrected chi connectivity index (χ1v) is 12.4. The van der Waals surface area contributed by atoms with E-state index in [1.165, 1.54) is 4.57 Å². The Hall–Kier alpha value is -4.24. The third kappa shape index (κ3) is 6.00. The molecule has 0 bridgehead atoms. The van der Waals surface area contributed by atoms with Crippen LogP contribution in [0.2, 0.25) is 0 Å². The molecule has 1 amide bonds. The summed E-state index contributed by atoms with van der Waals surface area (Å²) in [5, 5.41) is 3.18. The van der Waals surface area contributed by atoms with E-state index in [0.717, 1.165) is 23.2 Å². The van der Waals surface area contributed by atoms with Crippen LogP contribution in [0.25, 0.3) is 33.5 Å². The molecule has 4 aromatic rings. The van der Waals surface area contributed by atoms with Crippen molar-refractivity contribution in [2.45, 2.75) is 33.0 Å². The number of nitrogens with zero attached hydrogens (tertiary/aromatic N) is 4. The Kier molecular flexibility index (Phi) is 8.07. The summed E-state index contributed by atoms with van der Waals surface area (Å²) in [6, 6.07) is 14.9. The van der Waals surface area contributed by atoms with Gasteiger partial charge in [0, 0.05) is 29.9 Å². The molecule has 2 heterocycles. The second-order valence-corrected chi connectivity index (χ2v) is 9.68. The normalized spacial score (nSPS) is 11.3. The average molecular weight is 516 g/mol. The highest BCUT2D eigenvalue weighted by Crippen LogP contribution is 2.28. The van der Waals surface area contributed by atoms with Gasteiger partial charge in [-0.1, -0.05) is 12.1 Å². The third-order valence-corrected chi connectivity index (χ3v) is 5.92. The van der Waals surface area contributed by atoms with Gasteiger partial charge in [-0.3, -0.25) is 14.2 Å². The average Bonchev–Trinajstić information content (AvgIpc) is 2.89. The molecule has 0 unspecified atom stereocenters. The minimum absolute atomic E-state index is 0.0652. The summed E-state index contributed by atoms with van der Waals surface area (Å²) in [6.45, 7) is 4.30. The molecule has 0 aliphatic heterocycles. The van der Waals surface area contributed by atoms with Crippen molar-refractivity contribution in [3.05, 3.63) is 70.6 Å². The van der Waals surface area contributed by atoms with E-state index in [4.69, 9.17) is 14.5 Å². The van der Waals surface area contributed by atoms with Crippen LogP contribution in [-0.4, -0.2) is 59.7 Å². The van der Waals surface area contributed by atoms with Crippen LogP contribution in [0.1, 0.15) is 19.4 Å². The predicted octanol–water partition coefficient (Wildman–Crippen LogP) is 3.73. The number of hydrogen-bond donors (Lipinski definition) is 1. The van der Waals surface area contributed by atoms with Gasteiger partial charge in [0.1, 0.15) is 23.9 Å². The van der Waals surface area contributed by atoms with Crippen molar-refractivity contribution < 1.29 is 14.3 Å². The SMILES string of the molecule is COc1cc(CN(C)C)cc(-c2cnc3nc(-c4cccc(OC)c4)n(CC(=O)NC(C)C)c(=O)c3c2)c1. The number of methoxy groups -OCH3 is 2. The van der Waals surface area contributed by atoms with Crippen molar-refractivity contribution in [1.29, 1.82) is 0 Å². The summed E-state index contributed by atoms with van der Waals surface area (Å²) in [6.07, 6.45) is 1.70. The zero-order valence-electron chi connectivity index (χ0n) is 22.6. The Balaban J connectivity index is 1.89. The van der Waals surface area contributed by atoms with E-state index in [1.807, 2.05) is 58.3 Å². The zero-order chi connectivity index (χ0) is 27.4. The van der Waals surface area contributed by atoms with Gasteiger partial charge >= 0.3 is 0 Å². The van der Waals surface area contributed by atoms with Gasteiger partial charge < -0.3 is 19.7 Å². The van der Waals surface area contributed by atoms with Crippen LogP contribution >= 0.6 is 0 Å². The second-order valence-electron chi connectivity index (χ2n) is 9.68. The van der Waals surface area contributed by atoms with Crippen LogP contribution < -0.4 is 20.3 Å². The molecule has 0 saturated heterocycles. The maximum Gasteiger partial charge on any atom is 0.263 e. The number of carbonyl (C=O) groups is 1. The summed E-state index contributed by atoms with van der Waals surface area (Å²) in [4.78, 5) is 38.0. The molecular formula is C29H33N5O4. The van der Waals surface area contributed by atoms with E-state index in [2.05, 4.69) is 21.3 Å². The quantitative estimate of drug-likeness (QED) is 0.363. The number of fused-ring (bicyclic) bond motifs is 1. The van der Waals surface area contributed by atoms with Gasteiger partial charge in [-0.2, -0.15) is 0 Å². The van der Waals surface area contributed by atoms with E-state index in [1.54, 1.807) is 32.5 Å². The Labute approximate surface area is 222 Å². The van der Waals surface area contributed by atoms with Gasteiger partial charge in [0.15, 0.2) is 5.65 Å². The highest BCUT2D eigenvalue weighted by atomic mass is 16.5. The first-order chi connectivity index (χ1) is 18.2. The largest absolute Gasteiger partial charge is 0.497 e. The maximum absolute atomic E-state index is 13.9. The number of benzene rings is 2. The molecule has 0 atom stereocenters. The first kappa shape index (κ1) is 26.8. The zero-order valence-corrected chi connectivity index (χ0v) is 22.6. The lowest BCUT2D eigenvalue weighted by atomic mass is 10.0. The van der Waals surface area contributed by atoms with E-state index in [0.29, 0.717) is 33.9 Å². The lowest BCUT2D eigenvalue weighted by molar-refractivity contribution is -0.122. The van der Waals surface area contributed by atoms with Crippen LogP contribution in [0.3, 0.4) is 0 Å². The van der Waals surface area contributed by atoms with Crippen LogP contribution in [0.15, 0.2) is 59.5 Å². The minimum atomic E-state index is -0.350. The molecule has 0 fully saturated rings. The number of ether oxygens (including phenoxy) is 2. The van der Waals surface area contributed by atoms with Gasteiger partial charge in [-0.25, -0.2) is 9.97 Å².